The number of benzene rings is 1. The summed E-state index contributed by atoms with van der Waals surface area (Å²) in [5.74, 6) is -2.21. The molecule has 0 saturated heterocycles. The Labute approximate surface area is 171 Å². The molecule has 9 nitrogen and oxygen atoms in total. The van der Waals surface area contributed by atoms with Gasteiger partial charge in [-0.25, -0.2) is 18.2 Å². The van der Waals surface area contributed by atoms with Crippen LogP contribution in [0.25, 0.3) is 0 Å². The first-order valence-electron chi connectivity index (χ1n) is 8.41. The zero-order valence-electron chi connectivity index (χ0n) is 16.3. The maximum atomic E-state index is 12.4. The third-order valence-corrected chi connectivity index (χ3v) is 4.82. The summed E-state index contributed by atoms with van der Waals surface area (Å²) in [5.41, 5.74) is 1.86. The Morgan fingerprint density at radius 2 is 1.77 bits per heavy atom. The van der Waals surface area contributed by atoms with Crippen molar-refractivity contribution in [1.82, 2.24) is 14.9 Å². The first-order chi connectivity index (χ1) is 13.7. The predicted octanol–water partition coefficient (Wildman–Crippen LogP) is 2.39. The van der Waals surface area contributed by atoms with E-state index in [0.29, 0.717) is 23.6 Å². The summed E-state index contributed by atoms with van der Waals surface area (Å²) in [6.07, 6.45) is -3.37. The molecule has 0 saturated carbocycles. The number of carbonyl (C=O) groups excluding carboxylic acids is 1. The van der Waals surface area contributed by atoms with Gasteiger partial charge in [-0.05, 0) is 38.1 Å². The van der Waals surface area contributed by atoms with Crippen LogP contribution < -0.4 is 4.72 Å². The van der Waals surface area contributed by atoms with Crippen LogP contribution in [-0.2, 0) is 21.4 Å². The molecule has 2 rings (SSSR count). The standard InChI is InChI=1S/C15H20N4O3S.C2HF3O2/c1-4-23(21,22)18-13-7-5-12(6-8-13)15(20)19(3)10-14-16-9-11(2)17-14;3-2(4,5)1(6)7/h5-9,18H,4,10H2,1-3H3,(H,16,17);(H,6,7). The number of nitrogens with one attached hydrogen (secondary N) is 2. The average Bonchev–Trinajstić information content (AvgIpc) is 3.06. The van der Waals surface area contributed by atoms with Gasteiger partial charge in [-0.3, -0.25) is 9.52 Å². The van der Waals surface area contributed by atoms with Crippen LogP contribution in [0.3, 0.4) is 0 Å². The lowest BCUT2D eigenvalue weighted by Gasteiger charge is -2.16. The zero-order chi connectivity index (χ0) is 23.1. The first-order valence-corrected chi connectivity index (χ1v) is 10.1. The molecular formula is C17H21F3N4O5S. The molecule has 0 aliphatic heterocycles. The van der Waals surface area contributed by atoms with E-state index in [1.165, 1.54) is 0 Å². The van der Waals surface area contributed by atoms with Crippen LogP contribution in [0.1, 0.15) is 28.8 Å². The number of carboxylic acid groups (broad SMARTS) is 1. The number of aliphatic carboxylic acids is 1. The predicted molar refractivity (Wildman–Crippen MR) is 102 cm³/mol. The second kappa shape index (κ2) is 10.1. The van der Waals surface area contributed by atoms with Gasteiger partial charge in [-0.1, -0.05) is 0 Å². The molecule has 13 heteroatoms. The minimum Gasteiger partial charge on any atom is -0.475 e. The molecule has 1 amide bonds. The number of amides is 1. The Balaban J connectivity index is 0.000000553. The number of hydrogen-bond donors (Lipinski definition) is 3. The number of aromatic nitrogens is 2. The van der Waals surface area contributed by atoms with Crippen molar-refractivity contribution < 1.29 is 36.3 Å². The molecule has 0 bridgehead atoms. The Kier molecular flexibility index (Phi) is 8.39. The van der Waals surface area contributed by atoms with Gasteiger partial charge in [0.1, 0.15) is 5.82 Å². The Morgan fingerprint density at radius 1 is 1.23 bits per heavy atom. The normalized spacial score (nSPS) is 11.3. The Bertz CT molecular complexity index is 972. The van der Waals surface area contributed by atoms with Gasteiger partial charge in [-0.2, -0.15) is 13.2 Å². The Hall–Kier alpha value is -3.09. The minimum absolute atomic E-state index is 0.00101. The summed E-state index contributed by atoms with van der Waals surface area (Å²) < 4.78 is 57.2. The number of sulfonamides is 1. The van der Waals surface area contributed by atoms with Gasteiger partial charge >= 0.3 is 12.1 Å². The van der Waals surface area contributed by atoms with E-state index >= 15 is 0 Å². The van der Waals surface area contributed by atoms with E-state index < -0.39 is 22.2 Å². The molecule has 1 aromatic carbocycles. The van der Waals surface area contributed by atoms with Crippen molar-refractivity contribution in [2.45, 2.75) is 26.6 Å². The number of aromatic amines is 1. The second-order valence-corrected chi connectivity index (χ2v) is 8.07. The van der Waals surface area contributed by atoms with E-state index in [0.717, 1.165) is 5.69 Å². The van der Waals surface area contributed by atoms with Gasteiger partial charge in [0.25, 0.3) is 5.91 Å². The van der Waals surface area contributed by atoms with Crippen LogP contribution in [0.4, 0.5) is 18.9 Å². The summed E-state index contributed by atoms with van der Waals surface area (Å²) in [7, 11) is -1.63. The highest BCUT2D eigenvalue weighted by molar-refractivity contribution is 7.92. The highest BCUT2D eigenvalue weighted by Gasteiger charge is 2.38. The largest absolute Gasteiger partial charge is 0.490 e. The van der Waals surface area contributed by atoms with Gasteiger partial charge in [0.05, 0.1) is 12.3 Å². The van der Waals surface area contributed by atoms with Crippen molar-refractivity contribution in [2.24, 2.45) is 0 Å². The monoisotopic (exact) mass is 450 g/mol. The minimum atomic E-state index is -5.08. The van der Waals surface area contributed by atoms with Gasteiger partial charge in [0.2, 0.25) is 10.0 Å². The number of carbonyl (C=O) groups is 2. The number of nitrogens with zero attached hydrogens (tertiary/aromatic N) is 2. The van der Waals surface area contributed by atoms with Crippen molar-refractivity contribution in [3.8, 4) is 0 Å². The number of hydrogen-bond acceptors (Lipinski definition) is 5. The van der Waals surface area contributed by atoms with Crippen LogP contribution in [0.5, 0.6) is 0 Å². The number of H-pyrrole nitrogens is 1. The van der Waals surface area contributed by atoms with Gasteiger partial charge in [0, 0.05) is 30.2 Å². The molecular weight excluding hydrogens is 429 g/mol. The lowest BCUT2D eigenvalue weighted by atomic mass is 10.2. The molecule has 3 N–H and O–H groups in total. The fraction of sp³-hybridized carbons (Fsp3) is 0.353. The summed E-state index contributed by atoms with van der Waals surface area (Å²) in [6, 6.07) is 6.34. The number of aryl methyl sites for hydroxylation is 1. The van der Waals surface area contributed by atoms with Gasteiger partial charge in [-0.15, -0.1) is 0 Å². The topological polar surface area (TPSA) is 132 Å². The molecule has 0 fully saturated rings. The smallest absolute Gasteiger partial charge is 0.475 e. The maximum Gasteiger partial charge on any atom is 0.490 e. The van der Waals surface area contributed by atoms with Gasteiger partial charge < -0.3 is 15.0 Å². The van der Waals surface area contributed by atoms with Crippen LogP contribution in [0.2, 0.25) is 0 Å². The van der Waals surface area contributed by atoms with Crippen molar-refractivity contribution >= 4 is 27.6 Å². The van der Waals surface area contributed by atoms with Crippen LogP contribution >= 0.6 is 0 Å². The molecule has 1 heterocycles. The van der Waals surface area contributed by atoms with Crippen molar-refractivity contribution in [3.05, 3.63) is 47.5 Å². The van der Waals surface area contributed by atoms with Crippen LogP contribution in [0.15, 0.2) is 30.5 Å². The number of rotatable bonds is 6. The summed E-state index contributed by atoms with van der Waals surface area (Å²) in [6.45, 7) is 3.83. The molecule has 2 aromatic rings. The number of anilines is 1. The van der Waals surface area contributed by atoms with E-state index in [2.05, 4.69) is 14.7 Å². The molecule has 0 unspecified atom stereocenters. The molecule has 0 aliphatic carbocycles. The lowest BCUT2D eigenvalue weighted by molar-refractivity contribution is -0.192. The number of halogens is 3. The Morgan fingerprint density at radius 3 is 2.17 bits per heavy atom. The molecule has 0 radical (unpaired) electrons. The number of carboxylic acids is 1. The van der Waals surface area contributed by atoms with E-state index in [4.69, 9.17) is 9.90 Å². The molecule has 30 heavy (non-hydrogen) atoms. The summed E-state index contributed by atoms with van der Waals surface area (Å²) in [4.78, 5) is 30.0. The quantitative estimate of drug-likeness (QED) is 0.619. The summed E-state index contributed by atoms with van der Waals surface area (Å²) >= 11 is 0. The second-order valence-electron chi connectivity index (χ2n) is 6.06. The molecule has 1 aromatic heterocycles. The number of imidazole rings is 1. The SMILES string of the molecule is CCS(=O)(=O)Nc1ccc(C(=O)N(C)Cc2ncc(C)[nH]2)cc1.O=C(O)C(F)(F)F. The third kappa shape index (κ3) is 8.11. The fourth-order valence-electron chi connectivity index (χ4n) is 2.00. The fourth-order valence-corrected chi connectivity index (χ4v) is 2.64. The summed E-state index contributed by atoms with van der Waals surface area (Å²) in [5, 5.41) is 7.12. The van der Waals surface area contributed by atoms with E-state index in [1.54, 1.807) is 49.3 Å². The van der Waals surface area contributed by atoms with E-state index in [1.807, 2.05) is 6.92 Å². The highest BCUT2D eigenvalue weighted by atomic mass is 32.2. The molecule has 0 aliphatic rings. The van der Waals surface area contributed by atoms with E-state index in [-0.39, 0.29) is 11.7 Å². The van der Waals surface area contributed by atoms with E-state index in [9.17, 15) is 26.4 Å². The van der Waals surface area contributed by atoms with Crippen molar-refractivity contribution in [3.63, 3.8) is 0 Å². The van der Waals surface area contributed by atoms with Gasteiger partial charge in [0.15, 0.2) is 0 Å². The van der Waals surface area contributed by atoms with Crippen LogP contribution in [0, 0.1) is 6.92 Å². The van der Waals surface area contributed by atoms with Crippen molar-refractivity contribution in [1.29, 1.82) is 0 Å². The number of alkyl halides is 3. The molecule has 166 valence electrons. The average molecular weight is 450 g/mol. The molecule has 0 spiro atoms. The van der Waals surface area contributed by atoms with Crippen molar-refractivity contribution in [2.75, 3.05) is 17.5 Å². The zero-order valence-corrected chi connectivity index (χ0v) is 17.1. The third-order valence-electron chi connectivity index (χ3n) is 3.52. The molecule has 0 atom stereocenters. The maximum absolute atomic E-state index is 12.4. The first kappa shape index (κ1) is 24.9. The highest BCUT2D eigenvalue weighted by Crippen LogP contribution is 2.14. The van der Waals surface area contributed by atoms with Crippen LogP contribution in [-0.4, -0.2) is 59.2 Å². The lowest BCUT2D eigenvalue weighted by Crippen LogP contribution is -2.26.